The second-order valence-corrected chi connectivity index (χ2v) is 11.3. The van der Waals surface area contributed by atoms with Gasteiger partial charge in [0.15, 0.2) is 27.3 Å². The molecule has 4 aromatic rings. The van der Waals surface area contributed by atoms with E-state index >= 15 is 0 Å². The van der Waals surface area contributed by atoms with Gasteiger partial charge in [-0.15, -0.1) is 10.2 Å². The molecule has 41 heavy (non-hydrogen) atoms. The summed E-state index contributed by atoms with van der Waals surface area (Å²) >= 11 is 2.63. The summed E-state index contributed by atoms with van der Waals surface area (Å²) in [5, 5.41) is 30.3. The molecule has 0 spiro atoms. The lowest BCUT2D eigenvalue weighted by atomic mass is 9.95. The highest BCUT2D eigenvalue weighted by molar-refractivity contribution is 8.00. The summed E-state index contributed by atoms with van der Waals surface area (Å²) in [4.78, 5) is 28.3. The summed E-state index contributed by atoms with van der Waals surface area (Å²) in [6.07, 6.45) is 0. The molecule has 6 rings (SSSR count). The number of hydrogen-bond acceptors (Lipinski definition) is 11. The Labute approximate surface area is 242 Å². The molecule has 1 unspecified atom stereocenters. The van der Waals surface area contributed by atoms with Crippen molar-refractivity contribution in [1.29, 1.82) is 0 Å². The molecular formula is C29H23N3O7S2. The first-order valence-electron chi connectivity index (χ1n) is 12.5. The number of hydrogen-bond donors (Lipinski definition) is 2. The Morgan fingerprint density at radius 2 is 1.83 bits per heavy atom. The molecule has 10 nitrogen and oxygen atoms in total. The van der Waals surface area contributed by atoms with Crippen molar-refractivity contribution in [3.05, 3.63) is 89.0 Å². The Balaban J connectivity index is 1.42. The fourth-order valence-electron chi connectivity index (χ4n) is 4.63. The van der Waals surface area contributed by atoms with Gasteiger partial charge in [0.2, 0.25) is 5.13 Å². The average Bonchev–Trinajstić information content (AvgIpc) is 3.58. The number of phenolic OH excluding ortho intramolecular Hbond substituents is 1. The molecule has 1 aromatic heterocycles. The van der Waals surface area contributed by atoms with Crippen molar-refractivity contribution < 1.29 is 34.0 Å². The number of methoxy groups -OCH3 is 1. The van der Waals surface area contributed by atoms with Gasteiger partial charge in [-0.25, -0.2) is 0 Å². The number of ketones is 1. The van der Waals surface area contributed by atoms with Crippen LogP contribution in [0.2, 0.25) is 0 Å². The van der Waals surface area contributed by atoms with Crippen molar-refractivity contribution in [2.75, 3.05) is 25.2 Å². The molecule has 0 aliphatic carbocycles. The number of aromatic hydroxyl groups is 1. The predicted molar refractivity (Wildman–Crippen MR) is 153 cm³/mol. The molecule has 0 bridgehead atoms. The lowest BCUT2D eigenvalue weighted by molar-refractivity contribution is -0.132. The number of ether oxygens (including phenoxy) is 3. The maximum atomic E-state index is 13.5. The molecule has 1 amide bonds. The largest absolute Gasteiger partial charge is 0.507 e. The van der Waals surface area contributed by atoms with Gasteiger partial charge in [0.1, 0.15) is 19.0 Å². The van der Waals surface area contributed by atoms with Gasteiger partial charge in [-0.2, -0.15) is 0 Å². The highest BCUT2D eigenvalue weighted by Crippen LogP contribution is 2.46. The van der Waals surface area contributed by atoms with Crippen molar-refractivity contribution in [1.82, 2.24) is 10.2 Å². The number of fused-ring (bicyclic) bond motifs is 1. The first-order chi connectivity index (χ1) is 19.9. The summed E-state index contributed by atoms with van der Waals surface area (Å²) in [5.74, 6) is -0.525. The van der Waals surface area contributed by atoms with Crippen LogP contribution in [0, 0.1) is 0 Å². The minimum Gasteiger partial charge on any atom is -0.507 e. The van der Waals surface area contributed by atoms with E-state index in [4.69, 9.17) is 14.2 Å². The lowest BCUT2D eigenvalue weighted by Crippen LogP contribution is -2.29. The van der Waals surface area contributed by atoms with Crippen molar-refractivity contribution in [3.63, 3.8) is 0 Å². The number of carbonyl (C=O) groups is 2. The zero-order valence-electron chi connectivity index (χ0n) is 21.6. The highest BCUT2D eigenvalue weighted by atomic mass is 32.2. The third kappa shape index (κ3) is 5.07. The second-order valence-electron chi connectivity index (χ2n) is 9.08. The fraction of sp³-hybridized carbons (Fsp3) is 0.172. The third-order valence-electron chi connectivity index (χ3n) is 6.59. The zero-order valence-corrected chi connectivity index (χ0v) is 23.3. The van der Waals surface area contributed by atoms with Crippen molar-refractivity contribution in [2.24, 2.45) is 0 Å². The number of thioether (sulfide) groups is 1. The third-order valence-corrected chi connectivity index (χ3v) is 8.71. The molecular weight excluding hydrogens is 566 g/mol. The standard InChI is InChI=1S/C29H23N3O7S2/c1-37-21-13-17(7-9-19(21)33)24-23(25(34)18-8-10-20-22(14-18)39-12-11-38-20)26(35)27(36)32(24)28-30-31-29(41-28)40-15-16-5-3-2-4-6-16/h2-10,13-14,24,33-34H,11-12,15H2,1H3/b25-23+. The highest BCUT2D eigenvalue weighted by Gasteiger charge is 2.48. The summed E-state index contributed by atoms with van der Waals surface area (Å²) in [6.45, 7) is 0.746. The molecule has 1 saturated heterocycles. The smallest absolute Gasteiger partial charge is 0.301 e. The second kappa shape index (κ2) is 11.1. The van der Waals surface area contributed by atoms with E-state index in [2.05, 4.69) is 10.2 Å². The number of phenols is 1. The molecule has 1 atom stereocenters. The van der Waals surface area contributed by atoms with Crippen molar-refractivity contribution in [2.45, 2.75) is 16.1 Å². The SMILES string of the molecule is COc1cc(C2/C(=C(\O)c3ccc4c(c3)OCCO4)C(=O)C(=O)N2c2nnc(SCc3ccccc3)s2)ccc1O. The van der Waals surface area contributed by atoms with Crippen LogP contribution in [0.4, 0.5) is 5.13 Å². The molecule has 2 aliphatic heterocycles. The van der Waals surface area contributed by atoms with Crippen LogP contribution in [0.15, 0.2) is 76.6 Å². The normalized spacial score (nSPS) is 17.6. The number of anilines is 1. The van der Waals surface area contributed by atoms with Crippen molar-refractivity contribution in [3.8, 4) is 23.0 Å². The molecule has 208 valence electrons. The van der Waals surface area contributed by atoms with Crippen molar-refractivity contribution >= 4 is 45.7 Å². The van der Waals surface area contributed by atoms with Gasteiger partial charge in [0.05, 0.1) is 18.7 Å². The van der Waals surface area contributed by atoms with E-state index in [1.165, 1.54) is 47.2 Å². The number of rotatable bonds is 7. The van der Waals surface area contributed by atoms with Crippen LogP contribution in [0.1, 0.15) is 22.7 Å². The summed E-state index contributed by atoms with van der Waals surface area (Å²) in [5.41, 5.74) is 1.66. The van der Waals surface area contributed by atoms with Gasteiger partial charge in [-0.1, -0.05) is 59.5 Å². The number of aliphatic hydroxyl groups is 1. The van der Waals surface area contributed by atoms with Gasteiger partial charge in [-0.05, 0) is 41.5 Å². The molecule has 1 fully saturated rings. The maximum absolute atomic E-state index is 13.5. The molecule has 2 N–H and O–H groups in total. The van der Waals surface area contributed by atoms with Crippen LogP contribution < -0.4 is 19.1 Å². The number of aliphatic hydroxyl groups excluding tert-OH is 1. The van der Waals surface area contributed by atoms with Crippen LogP contribution in [-0.4, -0.2) is 52.4 Å². The van der Waals surface area contributed by atoms with Crippen LogP contribution in [0.3, 0.4) is 0 Å². The molecule has 2 aliphatic rings. The Bertz CT molecular complexity index is 1670. The van der Waals surface area contributed by atoms with Gasteiger partial charge in [-0.3, -0.25) is 14.5 Å². The number of aromatic nitrogens is 2. The zero-order chi connectivity index (χ0) is 28.5. The van der Waals surface area contributed by atoms with E-state index in [1.807, 2.05) is 30.3 Å². The summed E-state index contributed by atoms with van der Waals surface area (Å²) < 4.78 is 17.1. The number of nitrogens with zero attached hydrogens (tertiary/aromatic N) is 3. The lowest BCUT2D eigenvalue weighted by Gasteiger charge is -2.23. The predicted octanol–water partition coefficient (Wildman–Crippen LogP) is 4.94. The summed E-state index contributed by atoms with van der Waals surface area (Å²) in [7, 11) is 1.39. The molecule has 0 radical (unpaired) electrons. The molecule has 0 saturated carbocycles. The quantitative estimate of drug-likeness (QED) is 0.100. The monoisotopic (exact) mass is 589 g/mol. The van der Waals surface area contributed by atoms with Crippen LogP contribution in [0.5, 0.6) is 23.0 Å². The Kier molecular flexibility index (Phi) is 7.25. The number of benzene rings is 3. The van der Waals surface area contributed by atoms with Gasteiger partial charge in [0.25, 0.3) is 5.78 Å². The van der Waals surface area contributed by atoms with Crippen LogP contribution in [0.25, 0.3) is 5.76 Å². The minimum atomic E-state index is -1.07. The van der Waals surface area contributed by atoms with E-state index in [0.717, 1.165) is 5.56 Å². The van der Waals surface area contributed by atoms with Crippen LogP contribution >= 0.6 is 23.1 Å². The topological polar surface area (TPSA) is 131 Å². The van der Waals surface area contributed by atoms with E-state index in [9.17, 15) is 19.8 Å². The van der Waals surface area contributed by atoms with E-state index in [1.54, 1.807) is 24.3 Å². The van der Waals surface area contributed by atoms with E-state index < -0.39 is 17.7 Å². The molecule has 12 heteroatoms. The fourth-order valence-corrected chi connectivity index (χ4v) is 6.46. The number of amides is 1. The molecule has 3 heterocycles. The van der Waals surface area contributed by atoms with Gasteiger partial charge in [0, 0.05) is 11.3 Å². The Morgan fingerprint density at radius 3 is 2.61 bits per heavy atom. The van der Waals surface area contributed by atoms with Crippen LogP contribution in [-0.2, 0) is 15.3 Å². The first-order valence-corrected chi connectivity index (χ1v) is 14.3. The molecule has 3 aromatic carbocycles. The number of Topliss-reactive ketones (excluding diaryl/α,β-unsaturated/α-hetero) is 1. The minimum absolute atomic E-state index is 0.115. The van der Waals surface area contributed by atoms with E-state index in [0.29, 0.717) is 40.4 Å². The van der Waals surface area contributed by atoms with E-state index in [-0.39, 0.29) is 33.5 Å². The first kappa shape index (κ1) is 26.7. The maximum Gasteiger partial charge on any atom is 0.301 e. The average molecular weight is 590 g/mol. The van der Waals surface area contributed by atoms with Gasteiger partial charge >= 0.3 is 5.91 Å². The number of carbonyl (C=O) groups excluding carboxylic acids is 2. The Hall–Kier alpha value is -4.55. The summed E-state index contributed by atoms with van der Waals surface area (Å²) in [6, 6.07) is 18.1. The van der Waals surface area contributed by atoms with Gasteiger partial charge < -0.3 is 24.4 Å². The Morgan fingerprint density at radius 1 is 1.05 bits per heavy atom.